The van der Waals surface area contributed by atoms with Crippen LogP contribution in [-0.2, 0) is 39.8 Å². The van der Waals surface area contributed by atoms with Gasteiger partial charge in [0.05, 0.1) is 47.9 Å². The Kier molecular flexibility index (Phi) is 7.61. The number of Topliss-reactive ketones (excluding diaryl/α,β-unsaturated/α-hetero) is 1. The van der Waals surface area contributed by atoms with Crippen LogP contribution in [0, 0.1) is 45.3 Å². The molecule has 292 valence electrons. The van der Waals surface area contributed by atoms with Crippen LogP contribution in [0.4, 0.5) is 0 Å². The summed E-state index contributed by atoms with van der Waals surface area (Å²) < 4.78 is 31.8. The topological polar surface area (TPSA) is 189 Å². The number of ether oxygens (including phenoxy) is 4. The normalized spacial score (nSPS) is 49.1. The number of carbonyl (C=O) groups is 3. The largest absolute Gasteiger partial charge is 0.469 e. The van der Waals surface area contributed by atoms with E-state index in [1.807, 2.05) is 39.0 Å². The minimum Gasteiger partial charge on any atom is -0.469 e. The third-order valence-corrected chi connectivity index (χ3v) is 16.4. The molecule has 2 saturated carbocycles. The Bertz CT molecular complexity index is 1830. The highest BCUT2D eigenvalue weighted by Crippen LogP contribution is 2.84. The van der Waals surface area contributed by atoms with E-state index in [-0.39, 0.29) is 42.5 Å². The van der Waals surface area contributed by atoms with Gasteiger partial charge in [-0.3, -0.25) is 14.9 Å². The maximum atomic E-state index is 15.1. The van der Waals surface area contributed by atoms with Gasteiger partial charge in [0.15, 0.2) is 11.9 Å². The first-order valence-corrected chi connectivity index (χ1v) is 19.9. The number of ketones is 1. The molecule has 13 heteroatoms. The van der Waals surface area contributed by atoms with Crippen LogP contribution in [-0.4, -0.2) is 101 Å². The molecule has 0 aromatic carbocycles. The third-order valence-electron chi connectivity index (χ3n) is 16.4. The van der Waals surface area contributed by atoms with E-state index in [4.69, 9.17) is 23.4 Å². The molecule has 15 atom stereocenters. The van der Waals surface area contributed by atoms with Crippen molar-refractivity contribution in [1.82, 2.24) is 10.6 Å². The van der Waals surface area contributed by atoms with Crippen molar-refractivity contribution in [1.29, 1.82) is 0 Å². The molecule has 54 heavy (non-hydrogen) atoms. The van der Waals surface area contributed by atoms with Crippen molar-refractivity contribution in [2.24, 2.45) is 45.3 Å². The van der Waals surface area contributed by atoms with E-state index in [9.17, 15) is 24.9 Å². The first-order valence-electron chi connectivity index (χ1n) is 19.9. The van der Waals surface area contributed by atoms with E-state index in [0.717, 1.165) is 26.1 Å². The second kappa shape index (κ2) is 11.6. The van der Waals surface area contributed by atoms with Crippen LogP contribution in [0.15, 0.2) is 41.1 Å². The summed E-state index contributed by atoms with van der Waals surface area (Å²) in [6, 6.07) is 2.18. The number of esters is 2. The van der Waals surface area contributed by atoms with Gasteiger partial charge in [0, 0.05) is 48.0 Å². The minimum absolute atomic E-state index is 0.00104. The lowest BCUT2D eigenvalue weighted by Crippen LogP contribution is -2.79. The number of carbonyl (C=O) groups excluding carboxylic acids is 3. The highest BCUT2D eigenvalue weighted by molar-refractivity contribution is 5.97. The molecule has 11 rings (SSSR count). The summed E-state index contributed by atoms with van der Waals surface area (Å²) >= 11 is 0. The number of epoxide rings is 1. The zero-order chi connectivity index (χ0) is 37.6. The molecule has 0 unspecified atom stereocenters. The molecule has 2 bridgehead atoms. The summed E-state index contributed by atoms with van der Waals surface area (Å²) in [4.78, 5) is 42.0. The van der Waals surface area contributed by atoms with Crippen LogP contribution in [0.25, 0.3) is 0 Å². The Morgan fingerprint density at radius 2 is 1.87 bits per heavy atom. The van der Waals surface area contributed by atoms with Crippen LogP contribution < -0.4 is 10.6 Å². The second-order valence-electron chi connectivity index (χ2n) is 18.5. The molecule has 10 aliphatic rings. The third kappa shape index (κ3) is 4.02. The zero-order valence-electron chi connectivity index (χ0n) is 31.1. The summed E-state index contributed by atoms with van der Waals surface area (Å²) in [5, 5.41) is 40.9. The summed E-state index contributed by atoms with van der Waals surface area (Å²) in [7, 11) is 0. The number of rotatable bonds is 7. The van der Waals surface area contributed by atoms with Crippen LogP contribution in [0.1, 0.15) is 76.7 Å². The summed E-state index contributed by atoms with van der Waals surface area (Å²) in [6.07, 6.45) is 8.37. The van der Waals surface area contributed by atoms with E-state index in [1.165, 1.54) is 0 Å². The number of aliphatic hydroxyl groups excluding tert-OH is 3. The maximum Gasteiger partial charge on any atom is 0.339 e. The molecule has 1 aromatic heterocycles. The number of aliphatic hydroxyl groups is 3. The number of furan rings is 1. The zero-order valence-corrected chi connectivity index (χ0v) is 31.1. The summed E-state index contributed by atoms with van der Waals surface area (Å²) in [5.74, 6) is -1.13. The van der Waals surface area contributed by atoms with Crippen molar-refractivity contribution in [3.63, 3.8) is 0 Å². The Morgan fingerprint density at radius 1 is 1.04 bits per heavy atom. The lowest BCUT2D eigenvalue weighted by atomic mass is 9.33. The molecule has 6 heterocycles. The molecule has 4 spiro atoms. The van der Waals surface area contributed by atoms with E-state index in [1.54, 1.807) is 6.26 Å². The Labute approximate surface area is 314 Å². The van der Waals surface area contributed by atoms with Gasteiger partial charge in [-0.15, -0.1) is 0 Å². The van der Waals surface area contributed by atoms with Crippen LogP contribution in [0.3, 0.4) is 0 Å². The molecular formula is C41H52N2O11. The highest BCUT2D eigenvalue weighted by Gasteiger charge is 2.94. The smallest absolute Gasteiger partial charge is 0.339 e. The molecule has 5 aliphatic carbocycles. The van der Waals surface area contributed by atoms with Crippen molar-refractivity contribution in [2.75, 3.05) is 26.4 Å². The SMILES string of the molecule is CC1(C)O[C@H]2CC(=O)OC[C@]23[C@H]2CC[C@@]4(C)[C@H](c5ccoc5C[C@H]([C@H](O)CO)[C@H]5C=C[C@H]([C@H]6CNCN6)CC5)OC(=O)[C@H]5O[C@]54[C@@]24CC=C[C@@]13C(=O)[C@H]4O. The highest BCUT2D eigenvalue weighted by atomic mass is 16.7. The maximum absolute atomic E-state index is 15.1. The van der Waals surface area contributed by atoms with Gasteiger partial charge < -0.3 is 44.0 Å². The Morgan fingerprint density at radius 3 is 2.61 bits per heavy atom. The Balaban J connectivity index is 1.03. The molecule has 0 radical (unpaired) electrons. The Hall–Kier alpha value is -2.91. The second-order valence-corrected chi connectivity index (χ2v) is 18.5. The first-order chi connectivity index (χ1) is 25.8. The van der Waals surface area contributed by atoms with Gasteiger partial charge in [0.2, 0.25) is 0 Å². The number of fused-ring (bicyclic) bond motifs is 2. The molecule has 1 aromatic rings. The number of allylic oxidation sites excluding steroid dienone is 2. The minimum atomic E-state index is -1.48. The van der Waals surface area contributed by atoms with Gasteiger partial charge in [0.1, 0.15) is 30.2 Å². The van der Waals surface area contributed by atoms with Gasteiger partial charge in [-0.25, -0.2) is 4.79 Å². The number of cyclic esters (lactones) is 2. The fraction of sp³-hybridized carbons (Fsp3) is 0.732. The van der Waals surface area contributed by atoms with E-state index in [0.29, 0.717) is 49.0 Å². The van der Waals surface area contributed by atoms with Crippen molar-refractivity contribution < 1.29 is 53.1 Å². The van der Waals surface area contributed by atoms with E-state index in [2.05, 4.69) is 22.8 Å². The van der Waals surface area contributed by atoms with E-state index < -0.39 is 76.0 Å². The standard InChI is InChI=1S/C41H52N2O11/c1-36(2)40-12-4-11-38(31(47)32(40)48)28(39(40)19-51-30(46)16-29(39)53-36)9-13-37(3)33(52-35(49)34-41(37,38)54-34)23-10-14-50-27(23)15-24(26(45)18-44)21-5-7-22(8-6-21)25-17-42-20-43-25/h4-5,7,10,12,14,21-22,24-26,28-29,31,33-34,42-45,47H,6,8-9,11,13,15-20H2,1-3H3/t21-,22-,24-,25+,26+,28-,29-,31+,33-,34+,37-,38-,39-,40+,41+/m0/s1. The van der Waals surface area contributed by atoms with Crippen LogP contribution in [0.2, 0.25) is 0 Å². The number of hydrogen-bond donors (Lipinski definition) is 5. The van der Waals surface area contributed by atoms with E-state index >= 15 is 4.79 Å². The molecular weight excluding hydrogens is 696 g/mol. The lowest BCUT2D eigenvalue weighted by molar-refractivity contribution is -0.262. The molecule has 5 N–H and O–H groups in total. The predicted octanol–water partition coefficient (Wildman–Crippen LogP) is 2.03. The predicted molar refractivity (Wildman–Crippen MR) is 188 cm³/mol. The van der Waals surface area contributed by atoms with Crippen molar-refractivity contribution in [3.05, 3.63) is 48.0 Å². The summed E-state index contributed by atoms with van der Waals surface area (Å²) in [5.41, 5.74) is -6.03. The van der Waals surface area contributed by atoms with Crippen LogP contribution >= 0.6 is 0 Å². The quantitative estimate of drug-likeness (QED) is 0.155. The molecule has 5 saturated heterocycles. The molecule has 5 aliphatic heterocycles. The van der Waals surface area contributed by atoms with Crippen molar-refractivity contribution >= 4 is 17.7 Å². The summed E-state index contributed by atoms with van der Waals surface area (Å²) in [6.45, 7) is 7.06. The first kappa shape index (κ1) is 35.5. The monoisotopic (exact) mass is 748 g/mol. The van der Waals surface area contributed by atoms with Gasteiger partial charge in [0.25, 0.3) is 0 Å². The van der Waals surface area contributed by atoms with Crippen molar-refractivity contribution in [3.8, 4) is 0 Å². The fourth-order valence-corrected chi connectivity index (χ4v) is 14.1. The van der Waals surface area contributed by atoms with Gasteiger partial charge >= 0.3 is 11.9 Å². The number of hydrogen-bond acceptors (Lipinski definition) is 13. The average Bonchev–Trinajstić information content (AvgIpc) is 3.42. The van der Waals surface area contributed by atoms with Crippen molar-refractivity contribution in [2.45, 2.75) is 113 Å². The molecule has 7 fully saturated rings. The van der Waals surface area contributed by atoms with Gasteiger partial charge in [-0.2, -0.15) is 0 Å². The van der Waals surface area contributed by atoms with Crippen LogP contribution in [0.5, 0.6) is 0 Å². The van der Waals surface area contributed by atoms with Gasteiger partial charge in [-0.1, -0.05) is 31.2 Å². The average molecular weight is 749 g/mol. The lowest BCUT2D eigenvalue weighted by Gasteiger charge is -2.68. The van der Waals surface area contributed by atoms with Gasteiger partial charge in [-0.05, 0) is 69.8 Å². The fourth-order valence-electron chi connectivity index (χ4n) is 14.1. The number of nitrogens with one attached hydrogen (secondary N) is 2. The molecule has 0 amide bonds. The molecule has 13 nitrogen and oxygen atoms in total.